The molecule has 3 heterocycles. The molecule has 0 atom stereocenters. The Bertz CT molecular complexity index is 1290. The molecule has 37 heavy (non-hydrogen) atoms. The van der Waals surface area contributed by atoms with E-state index in [2.05, 4.69) is 22.0 Å². The number of hydrogen-bond acceptors (Lipinski definition) is 6. The molecule has 0 unspecified atom stereocenters. The monoisotopic (exact) mass is 505 g/mol. The molecule has 2 fully saturated rings. The van der Waals surface area contributed by atoms with Gasteiger partial charge in [-0.1, -0.05) is 18.2 Å². The summed E-state index contributed by atoms with van der Waals surface area (Å²) >= 11 is 0. The molecule has 1 aromatic heterocycles. The van der Waals surface area contributed by atoms with Crippen LogP contribution in [0.15, 0.2) is 60.8 Å². The molecule has 2 aliphatic heterocycles. The summed E-state index contributed by atoms with van der Waals surface area (Å²) < 4.78 is 24.5. The van der Waals surface area contributed by atoms with E-state index >= 15 is 0 Å². The van der Waals surface area contributed by atoms with Gasteiger partial charge in [0.2, 0.25) is 5.95 Å². The second-order valence-electron chi connectivity index (χ2n) is 9.56. The van der Waals surface area contributed by atoms with Crippen LogP contribution in [0.5, 0.6) is 0 Å². The second-order valence-corrected chi connectivity index (χ2v) is 9.56. The first-order valence-electron chi connectivity index (χ1n) is 12.1. The highest BCUT2D eigenvalue weighted by molar-refractivity contribution is 5.92. The van der Waals surface area contributed by atoms with Crippen LogP contribution in [0.3, 0.4) is 0 Å². The topological polar surface area (TPSA) is 92.2 Å². The van der Waals surface area contributed by atoms with Gasteiger partial charge in [0.05, 0.1) is 18.7 Å². The Balaban J connectivity index is 1.23. The smallest absolute Gasteiger partial charge is 0.415 e. The highest BCUT2D eigenvalue weighted by Crippen LogP contribution is 2.36. The molecule has 0 radical (unpaired) electrons. The summed E-state index contributed by atoms with van der Waals surface area (Å²) in [5, 5.41) is 9.11. The quantitative estimate of drug-likeness (QED) is 0.465. The van der Waals surface area contributed by atoms with Gasteiger partial charge in [0, 0.05) is 57.0 Å². The van der Waals surface area contributed by atoms with Gasteiger partial charge in [0.15, 0.2) is 0 Å². The van der Waals surface area contributed by atoms with Crippen molar-refractivity contribution in [3.05, 3.63) is 83.4 Å². The number of methoxy groups -OCH3 is 1. The van der Waals surface area contributed by atoms with Crippen molar-refractivity contribution >= 4 is 17.7 Å². The van der Waals surface area contributed by atoms with Gasteiger partial charge < -0.3 is 14.6 Å². The molecule has 0 saturated carbocycles. The van der Waals surface area contributed by atoms with Crippen LogP contribution in [0.4, 0.5) is 14.9 Å². The zero-order valence-corrected chi connectivity index (χ0v) is 20.5. The van der Waals surface area contributed by atoms with Crippen LogP contribution < -0.4 is 4.90 Å². The minimum absolute atomic E-state index is 0.176. The van der Waals surface area contributed by atoms with Crippen molar-refractivity contribution in [3.8, 4) is 11.1 Å². The van der Waals surface area contributed by atoms with Crippen LogP contribution in [0.2, 0.25) is 0 Å². The number of carboxylic acid groups (broad SMARTS) is 1. The van der Waals surface area contributed by atoms with Crippen molar-refractivity contribution in [3.63, 3.8) is 0 Å². The van der Waals surface area contributed by atoms with E-state index in [0.29, 0.717) is 31.7 Å². The molecule has 3 aromatic rings. The Morgan fingerprint density at radius 3 is 2.54 bits per heavy atom. The number of aromatic carboxylic acids is 1. The predicted molar refractivity (Wildman–Crippen MR) is 135 cm³/mol. The normalized spacial score (nSPS) is 17.2. The van der Waals surface area contributed by atoms with E-state index in [1.807, 2.05) is 6.07 Å². The maximum absolute atomic E-state index is 13.3. The summed E-state index contributed by atoms with van der Waals surface area (Å²) in [6.45, 7) is 3.20. The number of hydrogen-bond donors (Lipinski definition) is 1. The number of halogens is 1. The van der Waals surface area contributed by atoms with Crippen LogP contribution in [-0.2, 0) is 22.6 Å². The molecule has 1 spiro atoms. The van der Waals surface area contributed by atoms with E-state index in [0.717, 1.165) is 41.9 Å². The SMILES string of the molecule is COCc1cc(CN2CCC3(CC2)CN(c2ccc(C(=O)O)cc2)C(=O)O3)ccc1-c1ccc(F)nc1. The third-order valence-corrected chi connectivity index (χ3v) is 7.08. The number of rotatable bonds is 7. The number of carbonyl (C=O) groups excluding carboxylic acids is 1. The molecule has 0 bridgehead atoms. The van der Waals surface area contributed by atoms with Crippen molar-refractivity contribution in [2.45, 2.75) is 31.6 Å². The lowest BCUT2D eigenvalue weighted by Crippen LogP contribution is -2.46. The first-order valence-corrected chi connectivity index (χ1v) is 12.1. The lowest BCUT2D eigenvalue weighted by molar-refractivity contribution is -0.000988. The standard InChI is InChI=1S/C28H28FN3O5/c1-36-17-22-14-19(2-8-24(22)21-5-9-25(29)30-15-21)16-31-12-10-28(11-13-31)18-32(27(35)37-28)23-6-3-20(4-7-23)26(33)34/h2-9,14-15H,10-13,16-18H2,1H3,(H,33,34). The third-order valence-electron chi connectivity index (χ3n) is 7.08. The van der Waals surface area contributed by atoms with Gasteiger partial charge in [0.1, 0.15) is 5.60 Å². The van der Waals surface area contributed by atoms with Crippen LogP contribution in [-0.4, -0.2) is 59.4 Å². The van der Waals surface area contributed by atoms with Crippen molar-refractivity contribution in [2.24, 2.45) is 0 Å². The number of amides is 1. The Hall–Kier alpha value is -3.82. The molecule has 2 aromatic carbocycles. The number of likely N-dealkylation sites (tertiary alicyclic amines) is 1. The van der Waals surface area contributed by atoms with E-state index < -0.39 is 23.6 Å². The number of carbonyl (C=O) groups is 2. The maximum atomic E-state index is 13.3. The lowest BCUT2D eigenvalue weighted by atomic mass is 9.90. The number of piperidine rings is 1. The molecule has 2 aliphatic rings. The van der Waals surface area contributed by atoms with Gasteiger partial charge in [-0.2, -0.15) is 4.39 Å². The first-order chi connectivity index (χ1) is 17.9. The van der Waals surface area contributed by atoms with E-state index in [1.165, 1.54) is 24.4 Å². The zero-order valence-electron chi connectivity index (χ0n) is 20.5. The molecule has 1 amide bonds. The Labute approximate surface area is 214 Å². The summed E-state index contributed by atoms with van der Waals surface area (Å²) in [4.78, 5) is 31.5. The zero-order chi connectivity index (χ0) is 26.0. The molecular weight excluding hydrogens is 477 g/mol. The molecule has 8 nitrogen and oxygen atoms in total. The predicted octanol–water partition coefficient (Wildman–Crippen LogP) is 4.72. The highest BCUT2D eigenvalue weighted by Gasteiger charge is 2.47. The fourth-order valence-electron chi connectivity index (χ4n) is 5.08. The fourth-order valence-corrected chi connectivity index (χ4v) is 5.08. The van der Waals surface area contributed by atoms with Gasteiger partial charge >= 0.3 is 12.1 Å². The van der Waals surface area contributed by atoms with Crippen molar-refractivity contribution in [1.82, 2.24) is 9.88 Å². The Morgan fingerprint density at radius 1 is 1.14 bits per heavy atom. The average molecular weight is 506 g/mol. The molecule has 9 heteroatoms. The molecule has 0 aliphatic carbocycles. The van der Waals surface area contributed by atoms with Gasteiger partial charge in [0.25, 0.3) is 0 Å². The van der Waals surface area contributed by atoms with Crippen LogP contribution in [0, 0.1) is 5.95 Å². The van der Waals surface area contributed by atoms with Crippen molar-refractivity contribution < 1.29 is 28.6 Å². The van der Waals surface area contributed by atoms with Gasteiger partial charge in [-0.25, -0.2) is 14.6 Å². The van der Waals surface area contributed by atoms with Gasteiger partial charge in [-0.05, 0) is 53.1 Å². The largest absolute Gasteiger partial charge is 0.478 e. The van der Waals surface area contributed by atoms with E-state index in [4.69, 9.17) is 14.6 Å². The van der Waals surface area contributed by atoms with Crippen molar-refractivity contribution in [2.75, 3.05) is 31.6 Å². The number of pyridine rings is 1. The first kappa shape index (κ1) is 24.9. The molecule has 2 saturated heterocycles. The summed E-state index contributed by atoms with van der Waals surface area (Å²) in [6.07, 6.45) is 2.56. The maximum Gasteiger partial charge on any atom is 0.415 e. The molecule has 1 N–H and O–H groups in total. The van der Waals surface area contributed by atoms with Crippen LogP contribution in [0.25, 0.3) is 11.1 Å². The van der Waals surface area contributed by atoms with Gasteiger partial charge in [-0.3, -0.25) is 9.80 Å². The number of benzene rings is 2. The highest BCUT2D eigenvalue weighted by atomic mass is 19.1. The number of carboxylic acids is 1. The van der Waals surface area contributed by atoms with Crippen LogP contribution in [0.1, 0.15) is 34.3 Å². The van der Waals surface area contributed by atoms with E-state index in [9.17, 15) is 14.0 Å². The van der Waals surface area contributed by atoms with Gasteiger partial charge in [-0.15, -0.1) is 0 Å². The van der Waals surface area contributed by atoms with Crippen LogP contribution >= 0.6 is 0 Å². The third kappa shape index (κ3) is 5.33. The number of aromatic nitrogens is 1. The fraction of sp³-hybridized carbons (Fsp3) is 0.321. The number of nitrogens with zero attached hydrogens (tertiary/aromatic N) is 3. The van der Waals surface area contributed by atoms with Crippen molar-refractivity contribution in [1.29, 1.82) is 0 Å². The number of anilines is 1. The average Bonchev–Trinajstić information content (AvgIpc) is 3.22. The molecule has 192 valence electrons. The lowest BCUT2D eigenvalue weighted by Gasteiger charge is -2.37. The summed E-state index contributed by atoms with van der Waals surface area (Å²) in [5.74, 6) is -1.51. The van der Waals surface area contributed by atoms with E-state index in [1.54, 1.807) is 30.2 Å². The minimum atomic E-state index is -1.00. The number of ether oxygens (including phenoxy) is 2. The molecular formula is C28H28FN3O5. The summed E-state index contributed by atoms with van der Waals surface area (Å²) in [7, 11) is 1.65. The molecule has 5 rings (SSSR count). The Morgan fingerprint density at radius 2 is 1.89 bits per heavy atom. The summed E-state index contributed by atoms with van der Waals surface area (Å²) in [6, 6.07) is 15.5. The summed E-state index contributed by atoms with van der Waals surface area (Å²) in [5.41, 5.74) is 4.23. The Kier molecular flexibility index (Phi) is 6.90. The second kappa shape index (κ2) is 10.3. The minimum Gasteiger partial charge on any atom is -0.478 e. The van der Waals surface area contributed by atoms with E-state index in [-0.39, 0.29) is 5.56 Å².